The number of guanidine groups is 1. The Labute approximate surface area is 143 Å². The first-order chi connectivity index (χ1) is 11.5. The monoisotopic (exact) mass is 341 g/mol. The van der Waals surface area contributed by atoms with Gasteiger partial charge < -0.3 is 15.7 Å². The second-order valence-corrected chi connectivity index (χ2v) is 5.93. The largest absolute Gasteiger partial charge is 0.396 e. The van der Waals surface area contributed by atoms with Crippen molar-refractivity contribution in [1.29, 1.82) is 0 Å². The lowest BCUT2D eigenvalue weighted by Gasteiger charge is -2.19. The van der Waals surface area contributed by atoms with Crippen molar-refractivity contribution in [1.82, 2.24) is 10.6 Å². The van der Waals surface area contributed by atoms with Crippen molar-refractivity contribution >= 4 is 5.96 Å². The molecule has 0 aliphatic rings. The number of aliphatic hydroxyl groups excluding tert-OH is 1. The van der Waals surface area contributed by atoms with Crippen molar-refractivity contribution in [3.8, 4) is 0 Å². The number of nitrogens with zero attached hydrogens (tertiary/aromatic N) is 1. The highest BCUT2D eigenvalue weighted by Gasteiger charge is 2.12. The van der Waals surface area contributed by atoms with Gasteiger partial charge in [-0.05, 0) is 50.3 Å². The van der Waals surface area contributed by atoms with Crippen molar-refractivity contribution in [2.75, 3.05) is 19.7 Å². The number of halogens is 2. The second kappa shape index (κ2) is 11.0. The molecule has 0 spiro atoms. The van der Waals surface area contributed by atoms with Crippen LogP contribution in [0.4, 0.5) is 8.78 Å². The van der Waals surface area contributed by atoms with Crippen LogP contribution in [0.3, 0.4) is 0 Å². The number of benzene rings is 1. The fraction of sp³-hybridized carbons (Fsp3) is 0.611. The Morgan fingerprint density at radius 2 is 1.96 bits per heavy atom. The van der Waals surface area contributed by atoms with Gasteiger partial charge in [0.25, 0.3) is 0 Å². The first-order valence-electron chi connectivity index (χ1n) is 8.62. The first kappa shape index (κ1) is 20.4. The maximum absolute atomic E-state index is 13.4. The molecular formula is C18H29F2N3O. The predicted octanol–water partition coefficient (Wildman–Crippen LogP) is 3.38. The highest BCUT2D eigenvalue weighted by atomic mass is 19.2. The van der Waals surface area contributed by atoms with Crippen LogP contribution >= 0.6 is 0 Å². The Balaban J connectivity index is 2.75. The van der Waals surface area contributed by atoms with E-state index in [4.69, 9.17) is 5.11 Å². The van der Waals surface area contributed by atoms with E-state index >= 15 is 0 Å². The molecule has 0 heterocycles. The lowest BCUT2D eigenvalue weighted by Crippen LogP contribution is -2.39. The molecule has 0 aliphatic heterocycles. The van der Waals surface area contributed by atoms with Gasteiger partial charge >= 0.3 is 0 Å². The van der Waals surface area contributed by atoms with Gasteiger partial charge in [0.05, 0.1) is 6.04 Å². The van der Waals surface area contributed by atoms with Crippen molar-refractivity contribution in [2.24, 2.45) is 10.9 Å². The lowest BCUT2D eigenvalue weighted by molar-refractivity contribution is 0.253. The summed E-state index contributed by atoms with van der Waals surface area (Å²) in [6.07, 6.45) is 2.80. The lowest BCUT2D eigenvalue weighted by atomic mass is 10.0. The van der Waals surface area contributed by atoms with E-state index in [2.05, 4.69) is 22.5 Å². The smallest absolute Gasteiger partial charge is 0.191 e. The van der Waals surface area contributed by atoms with Crippen molar-refractivity contribution in [2.45, 2.75) is 46.1 Å². The number of rotatable bonds is 9. The summed E-state index contributed by atoms with van der Waals surface area (Å²) in [6.45, 7) is 7.44. The van der Waals surface area contributed by atoms with E-state index in [0.717, 1.165) is 25.3 Å². The summed E-state index contributed by atoms with van der Waals surface area (Å²) in [5, 5.41) is 15.5. The van der Waals surface area contributed by atoms with Gasteiger partial charge in [0, 0.05) is 19.7 Å². The summed E-state index contributed by atoms with van der Waals surface area (Å²) in [5.41, 5.74) is 0.653. The second-order valence-electron chi connectivity index (χ2n) is 5.93. The Kier molecular flexibility index (Phi) is 9.30. The summed E-state index contributed by atoms with van der Waals surface area (Å²) in [7, 11) is 0. The number of aliphatic imine (C=N–C) groups is 1. The average Bonchev–Trinajstić information content (AvgIpc) is 2.55. The Hall–Kier alpha value is -1.69. The Morgan fingerprint density at radius 1 is 1.21 bits per heavy atom. The van der Waals surface area contributed by atoms with Gasteiger partial charge in [-0.25, -0.2) is 8.78 Å². The normalized spacial score (nSPS) is 14.3. The highest BCUT2D eigenvalue weighted by molar-refractivity contribution is 5.80. The number of aliphatic hydroxyl groups is 1. The third kappa shape index (κ3) is 6.83. The van der Waals surface area contributed by atoms with Crippen LogP contribution in [-0.4, -0.2) is 30.8 Å². The maximum Gasteiger partial charge on any atom is 0.191 e. The molecule has 136 valence electrons. The van der Waals surface area contributed by atoms with Crippen LogP contribution in [0.1, 0.15) is 51.6 Å². The molecule has 24 heavy (non-hydrogen) atoms. The van der Waals surface area contributed by atoms with Crippen molar-refractivity contribution < 1.29 is 13.9 Å². The molecule has 1 aromatic carbocycles. The van der Waals surface area contributed by atoms with E-state index in [-0.39, 0.29) is 12.6 Å². The molecule has 0 amide bonds. The number of hydrogen-bond acceptors (Lipinski definition) is 2. The minimum atomic E-state index is -0.853. The molecule has 0 saturated heterocycles. The molecule has 0 aromatic heterocycles. The van der Waals surface area contributed by atoms with Gasteiger partial charge in [-0.15, -0.1) is 0 Å². The molecule has 0 saturated carbocycles. The van der Waals surface area contributed by atoms with Crippen LogP contribution in [-0.2, 0) is 0 Å². The van der Waals surface area contributed by atoms with Gasteiger partial charge in [0.2, 0.25) is 0 Å². The molecular weight excluding hydrogens is 312 g/mol. The van der Waals surface area contributed by atoms with Gasteiger partial charge in [-0.2, -0.15) is 0 Å². The zero-order valence-electron chi connectivity index (χ0n) is 14.8. The zero-order valence-corrected chi connectivity index (χ0v) is 14.8. The molecule has 0 fully saturated rings. The van der Waals surface area contributed by atoms with Gasteiger partial charge in [0.1, 0.15) is 0 Å². The molecule has 6 heteroatoms. The fourth-order valence-corrected chi connectivity index (χ4v) is 2.53. The van der Waals surface area contributed by atoms with Gasteiger partial charge in [-0.1, -0.05) is 19.4 Å². The summed E-state index contributed by atoms with van der Waals surface area (Å²) < 4.78 is 26.4. The number of hydrogen-bond donors (Lipinski definition) is 3. The van der Waals surface area contributed by atoms with Crippen LogP contribution in [0.5, 0.6) is 0 Å². The third-order valence-electron chi connectivity index (χ3n) is 3.88. The molecule has 2 atom stereocenters. The van der Waals surface area contributed by atoms with Crippen molar-refractivity contribution in [3.05, 3.63) is 35.4 Å². The summed E-state index contributed by atoms with van der Waals surface area (Å²) in [5.74, 6) is -0.727. The van der Waals surface area contributed by atoms with Crippen LogP contribution in [0, 0.1) is 17.6 Å². The number of nitrogens with one attached hydrogen (secondary N) is 2. The standard InChI is InChI=1S/C18H29F2N3O/c1-4-6-14(9-10-24)12-22-18(21-5-2)23-13(3)15-7-8-16(19)17(20)11-15/h7-8,11,13-14,24H,4-6,9-10,12H2,1-3H3,(H2,21,22,23). The molecule has 0 bridgehead atoms. The molecule has 4 nitrogen and oxygen atoms in total. The van der Waals surface area contributed by atoms with Crippen LogP contribution in [0.25, 0.3) is 0 Å². The van der Waals surface area contributed by atoms with E-state index < -0.39 is 11.6 Å². The van der Waals surface area contributed by atoms with E-state index in [1.807, 2.05) is 13.8 Å². The first-order valence-corrected chi connectivity index (χ1v) is 8.62. The van der Waals surface area contributed by atoms with E-state index in [9.17, 15) is 8.78 Å². The minimum Gasteiger partial charge on any atom is -0.396 e. The third-order valence-corrected chi connectivity index (χ3v) is 3.88. The molecule has 1 aromatic rings. The topological polar surface area (TPSA) is 56.7 Å². The fourth-order valence-electron chi connectivity index (χ4n) is 2.53. The molecule has 3 N–H and O–H groups in total. The minimum absolute atomic E-state index is 0.162. The maximum atomic E-state index is 13.4. The quantitative estimate of drug-likeness (QED) is 0.477. The van der Waals surface area contributed by atoms with Gasteiger partial charge in [-0.3, -0.25) is 4.99 Å². The van der Waals surface area contributed by atoms with E-state index in [1.54, 1.807) is 6.07 Å². The summed E-state index contributed by atoms with van der Waals surface area (Å²) in [4.78, 5) is 4.57. The van der Waals surface area contributed by atoms with E-state index in [1.165, 1.54) is 6.07 Å². The van der Waals surface area contributed by atoms with Gasteiger partial charge in [0.15, 0.2) is 17.6 Å². The van der Waals surface area contributed by atoms with E-state index in [0.29, 0.717) is 30.5 Å². The SMILES string of the molecule is CCCC(CCO)CN=C(NCC)NC(C)c1ccc(F)c(F)c1. The van der Waals surface area contributed by atoms with Crippen LogP contribution in [0.2, 0.25) is 0 Å². The Bertz CT molecular complexity index is 517. The van der Waals surface area contributed by atoms with Crippen LogP contribution in [0.15, 0.2) is 23.2 Å². The molecule has 0 aliphatic carbocycles. The molecule has 1 rings (SSSR count). The molecule has 2 unspecified atom stereocenters. The zero-order chi connectivity index (χ0) is 17.9. The Morgan fingerprint density at radius 3 is 2.54 bits per heavy atom. The van der Waals surface area contributed by atoms with Crippen molar-refractivity contribution in [3.63, 3.8) is 0 Å². The van der Waals surface area contributed by atoms with Crippen LogP contribution < -0.4 is 10.6 Å². The highest BCUT2D eigenvalue weighted by Crippen LogP contribution is 2.16. The molecule has 0 radical (unpaired) electrons. The summed E-state index contributed by atoms with van der Waals surface area (Å²) in [6, 6.07) is 3.68. The average molecular weight is 341 g/mol. The predicted molar refractivity (Wildman–Crippen MR) is 94.0 cm³/mol. The summed E-state index contributed by atoms with van der Waals surface area (Å²) >= 11 is 0.